The molecule has 0 atom stereocenters. The first-order chi connectivity index (χ1) is 8.74. The van der Waals surface area contributed by atoms with Crippen molar-refractivity contribution < 1.29 is 0 Å². The van der Waals surface area contributed by atoms with E-state index in [0.717, 1.165) is 16.5 Å². The zero-order valence-electron chi connectivity index (χ0n) is 9.89. The van der Waals surface area contributed by atoms with Crippen LogP contribution >= 0.6 is 11.6 Å². The normalized spacial score (nSPS) is 10.8. The van der Waals surface area contributed by atoms with Gasteiger partial charge in [-0.15, -0.1) is 0 Å². The van der Waals surface area contributed by atoms with Crippen LogP contribution in [0.4, 0.5) is 0 Å². The number of benzene rings is 1. The highest BCUT2D eigenvalue weighted by molar-refractivity contribution is 6.32. The average Bonchev–Trinajstić information content (AvgIpc) is 2.38. The number of hydrogen-bond donors (Lipinski definition) is 0. The van der Waals surface area contributed by atoms with Gasteiger partial charge in [0.15, 0.2) is 5.65 Å². The number of aryl methyl sites for hydroxylation is 1. The second kappa shape index (κ2) is 4.39. The summed E-state index contributed by atoms with van der Waals surface area (Å²) in [6, 6.07) is 14.2. The van der Waals surface area contributed by atoms with Crippen LogP contribution in [-0.2, 0) is 0 Å². The van der Waals surface area contributed by atoms with Gasteiger partial charge in [-0.2, -0.15) is 0 Å². The summed E-state index contributed by atoms with van der Waals surface area (Å²) in [5, 5.41) is 1.49. The molecule has 0 spiro atoms. The molecule has 0 unspecified atom stereocenters. The molecule has 0 N–H and O–H groups in total. The minimum absolute atomic E-state index is 0.492. The van der Waals surface area contributed by atoms with Crippen molar-refractivity contribution in [2.24, 2.45) is 0 Å². The summed E-state index contributed by atoms with van der Waals surface area (Å²) in [5.74, 6) is 0. The van der Waals surface area contributed by atoms with E-state index in [-0.39, 0.29) is 0 Å². The van der Waals surface area contributed by atoms with Gasteiger partial charge < -0.3 is 0 Å². The van der Waals surface area contributed by atoms with Crippen molar-refractivity contribution in [2.45, 2.75) is 6.92 Å². The number of nitrogens with zero attached hydrogens (tertiary/aromatic N) is 2. The number of fused-ring (bicyclic) bond motifs is 1. The summed E-state index contributed by atoms with van der Waals surface area (Å²) in [6.45, 7) is 2.06. The van der Waals surface area contributed by atoms with E-state index >= 15 is 0 Å². The summed E-state index contributed by atoms with van der Waals surface area (Å²) in [5.41, 5.74) is 3.91. The first-order valence-corrected chi connectivity index (χ1v) is 6.10. The van der Waals surface area contributed by atoms with E-state index in [2.05, 4.69) is 29.0 Å². The molecule has 0 fully saturated rings. The van der Waals surface area contributed by atoms with Gasteiger partial charge in [0.25, 0.3) is 0 Å². The molecule has 0 aliphatic rings. The maximum atomic E-state index is 6.24. The second-order valence-corrected chi connectivity index (χ2v) is 4.60. The van der Waals surface area contributed by atoms with E-state index in [4.69, 9.17) is 11.6 Å². The lowest BCUT2D eigenvalue weighted by atomic mass is 10.0. The Hall–Kier alpha value is -1.93. The molecule has 0 saturated heterocycles. The molecule has 2 aromatic heterocycles. The number of pyridine rings is 2. The number of hydrogen-bond acceptors (Lipinski definition) is 2. The maximum absolute atomic E-state index is 6.24. The maximum Gasteiger partial charge on any atom is 0.160 e. The minimum atomic E-state index is 0.492. The lowest BCUT2D eigenvalue weighted by Gasteiger charge is -2.06. The van der Waals surface area contributed by atoms with Gasteiger partial charge in [0, 0.05) is 17.1 Å². The molecule has 0 aliphatic heterocycles. The van der Waals surface area contributed by atoms with Crippen LogP contribution in [0.1, 0.15) is 5.56 Å². The van der Waals surface area contributed by atoms with Crippen molar-refractivity contribution in [3.63, 3.8) is 0 Å². The van der Waals surface area contributed by atoms with Crippen LogP contribution in [0.25, 0.3) is 22.2 Å². The average molecular weight is 255 g/mol. The smallest absolute Gasteiger partial charge is 0.160 e. The third-order valence-corrected chi connectivity index (χ3v) is 3.16. The van der Waals surface area contributed by atoms with E-state index in [1.165, 1.54) is 5.56 Å². The lowest BCUT2D eigenvalue weighted by molar-refractivity contribution is 1.29. The van der Waals surface area contributed by atoms with Gasteiger partial charge in [-0.3, -0.25) is 0 Å². The summed E-state index contributed by atoms with van der Waals surface area (Å²) in [7, 11) is 0. The van der Waals surface area contributed by atoms with Crippen LogP contribution in [-0.4, -0.2) is 9.97 Å². The Morgan fingerprint density at radius 1 is 1.06 bits per heavy atom. The first kappa shape index (κ1) is 11.2. The predicted molar refractivity (Wildman–Crippen MR) is 74.7 cm³/mol. The molecular formula is C15H11ClN2. The summed E-state index contributed by atoms with van der Waals surface area (Å²) >= 11 is 6.24. The van der Waals surface area contributed by atoms with Crippen LogP contribution in [0.3, 0.4) is 0 Å². The van der Waals surface area contributed by atoms with Gasteiger partial charge in [0.05, 0.1) is 0 Å². The molecule has 2 heterocycles. The zero-order valence-corrected chi connectivity index (χ0v) is 10.6. The van der Waals surface area contributed by atoms with Crippen LogP contribution in [0.15, 0.2) is 48.7 Å². The third-order valence-electron chi connectivity index (χ3n) is 2.87. The number of aromatic nitrogens is 2. The van der Waals surface area contributed by atoms with Gasteiger partial charge in [0.2, 0.25) is 0 Å². The fourth-order valence-corrected chi connectivity index (χ4v) is 2.24. The quantitative estimate of drug-likeness (QED) is 0.607. The topological polar surface area (TPSA) is 25.8 Å². The van der Waals surface area contributed by atoms with E-state index < -0.39 is 0 Å². The molecule has 18 heavy (non-hydrogen) atoms. The van der Waals surface area contributed by atoms with Crippen molar-refractivity contribution in [2.75, 3.05) is 0 Å². The van der Waals surface area contributed by atoms with Crippen molar-refractivity contribution in [1.29, 1.82) is 0 Å². The van der Waals surface area contributed by atoms with E-state index in [1.54, 1.807) is 6.20 Å². The first-order valence-electron chi connectivity index (χ1n) is 5.72. The van der Waals surface area contributed by atoms with E-state index in [1.807, 2.05) is 30.3 Å². The molecular weight excluding hydrogens is 244 g/mol. The molecule has 0 radical (unpaired) electrons. The largest absolute Gasteiger partial charge is 0.237 e. The van der Waals surface area contributed by atoms with E-state index in [0.29, 0.717) is 10.8 Å². The summed E-state index contributed by atoms with van der Waals surface area (Å²) in [4.78, 5) is 8.53. The Morgan fingerprint density at radius 3 is 2.78 bits per heavy atom. The molecule has 88 valence electrons. The summed E-state index contributed by atoms with van der Waals surface area (Å²) in [6.07, 6.45) is 1.72. The highest BCUT2D eigenvalue weighted by Gasteiger charge is 2.07. The fourth-order valence-electron chi connectivity index (χ4n) is 2.00. The van der Waals surface area contributed by atoms with Crippen molar-refractivity contribution in [1.82, 2.24) is 9.97 Å². The predicted octanol–water partition coefficient (Wildman–Crippen LogP) is 4.26. The summed E-state index contributed by atoms with van der Waals surface area (Å²) < 4.78 is 0. The van der Waals surface area contributed by atoms with Gasteiger partial charge in [-0.05, 0) is 30.7 Å². The molecule has 0 aliphatic carbocycles. The molecule has 3 rings (SSSR count). The number of rotatable bonds is 1. The molecule has 0 bridgehead atoms. The molecule has 3 aromatic rings. The standard InChI is InChI=1S/C15H11ClN2/c1-10-4-2-5-11(8-10)13-9-12-6-3-7-17-15(12)18-14(13)16/h2-9H,1H3. The van der Waals surface area contributed by atoms with Gasteiger partial charge in [-0.1, -0.05) is 41.4 Å². The highest BCUT2D eigenvalue weighted by Crippen LogP contribution is 2.29. The van der Waals surface area contributed by atoms with Crippen LogP contribution in [0, 0.1) is 6.92 Å². The molecule has 2 nitrogen and oxygen atoms in total. The van der Waals surface area contributed by atoms with E-state index in [9.17, 15) is 0 Å². The van der Waals surface area contributed by atoms with Gasteiger partial charge in [0.1, 0.15) is 5.15 Å². The Bertz CT molecular complexity index is 723. The highest BCUT2D eigenvalue weighted by atomic mass is 35.5. The van der Waals surface area contributed by atoms with Gasteiger partial charge >= 0.3 is 0 Å². The lowest BCUT2D eigenvalue weighted by Crippen LogP contribution is -1.88. The number of halogens is 1. The molecule has 0 amide bonds. The Labute approximate surface area is 110 Å². The Balaban J connectivity index is 2.26. The Morgan fingerprint density at radius 2 is 1.94 bits per heavy atom. The van der Waals surface area contributed by atoms with Crippen molar-refractivity contribution >= 4 is 22.6 Å². The third kappa shape index (κ3) is 1.95. The fraction of sp³-hybridized carbons (Fsp3) is 0.0667. The van der Waals surface area contributed by atoms with Gasteiger partial charge in [-0.25, -0.2) is 9.97 Å². The molecule has 1 aromatic carbocycles. The monoisotopic (exact) mass is 254 g/mol. The zero-order chi connectivity index (χ0) is 12.5. The second-order valence-electron chi connectivity index (χ2n) is 4.25. The Kier molecular flexibility index (Phi) is 2.73. The molecule has 3 heteroatoms. The van der Waals surface area contributed by atoms with Crippen LogP contribution in [0.5, 0.6) is 0 Å². The molecule has 0 saturated carbocycles. The van der Waals surface area contributed by atoms with Crippen molar-refractivity contribution in [3.8, 4) is 11.1 Å². The van der Waals surface area contributed by atoms with Crippen LogP contribution < -0.4 is 0 Å². The SMILES string of the molecule is Cc1cccc(-c2cc3cccnc3nc2Cl)c1. The van der Waals surface area contributed by atoms with Crippen LogP contribution in [0.2, 0.25) is 5.15 Å². The van der Waals surface area contributed by atoms with Crippen molar-refractivity contribution in [3.05, 3.63) is 59.4 Å². The minimum Gasteiger partial charge on any atom is -0.237 e.